The molecule has 6 heteroatoms. The number of amides is 1. The van der Waals surface area contributed by atoms with Crippen LogP contribution in [0.2, 0.25) is 0 Å². The SMILES string of the molecule is O=C(Nc1nc(-c2ccc(Br)cc2)cs1)c1ccoc1. The molecule has 3 aromatic rings. The van der Waals surface area contributed by atoms with Crippen molar-refractivity contribution in [2.75, 3.05) is 5.32 Å². The number of aromatic nitrogens is 1. The van der Waals surface area contributed by atoms with Crippen LogP contribution < -0.4 is 5.32 Å². The number of furan rings is 1. The van der Waals surface area contributed by atoms with Gasteiger partial charge in [0, 0.05) is 15.4 Å². The Kier molecular flexibility index (Phi) is 3.66. The number of thiazole rings is 1. The fourth-order valence-electron chi connectivity index (χ4n) is 1.65. The predicted molar refractivity (Wildman–Crippen MR) is 81.9 cm³/mol. The molecular weight excluding hydrogens is 340 g/mol. The maximum absolute atomic E-state index is 11.9. The van der Waals surface area contributed by atoms with Gasteiger partial charge in [-0.25, -0.2) is 4.98 Å². The molecule has 0 aliphatic carbocycles. The molecule has 100 valence electrons. The highest BCUT2D eigenvalue weighted by Gasteiger charge is 2.10. The summed E-state index contributed by atoms with van der Waals surface area (Å²) >= 11 is 4.78. The molecule has 0 radical (unpaired) electrons. The van der Waals surface area contributed by atoms with E-state index in [4.69, 9.17) is 4.42 Å². The van der Waals surface area contributed by atoms with Crippen LogP contribution in [0.25, 0.3) is 11.3 Å². The molecule has 20 heavy (non-hydrogen) atoms. The topological polar surface area (TPSA) is 55.1 Å². The smallest absolute Gasteiger partial charge is 0.260 e. The van der Waals surface area contributed by atoms with Crippen LogP contribution >= 0.6 is 27.3 Å². The van der Waals surface area contributed by atoms with E-state index in [-0.39, 0.29) is 5.91 Å². The molecule has 0 saturated carbocycles. The van der Waals surface area contributed by atoms with Crippen molar-refractivity contribution >= 4 is 38.3 Å². The third-order valence-corrected chi connectivity index (χ3v) is 3.93. The molecule has 3 rings (SSSR count). The van der Waals surface area contributed by atoms with E-state index in [1.165, 1.54) is 23.9 Å². The largest absolute Gasteiger partial charge is 0.472 e. The Morgan fingerprint density at radius 3 is 2.75 bits per heavy atom. The zero-order valence-electron chi connectivity index (χ0n) is 10.2. The Balaban J connectivity index is 1.77. The molecule has 0 bridgehead atoms. The average Bonchev–Trinajstić information content (AvgIpc) is 3.10. The van der Waals surface area contributed by atoms with E-state index in [9.17, 15) is 4.79 Å². The van der Waals surface area contributed by atoms with Gasteiger partial charge in [0.2, 0.25) is 0 Å². The molecular formula is C14H9BrN2O2S. The van der Waals surface area contributed by atoms with E-state index in [0.29, 0.717) is 10.7 Å². The number of hydrogen-bond acceptors (Lipinski definition) is 4. The highest BCUT2D eigenvalue weighted by molar-refractivity contribution is 9.10. The second-order valence-electron chi connectivity index (χ2n) is 4.01. The normalized spacial score (nSPS) is 10.4. The number of hydrogen-bond donors (Lipinski definition) is 1. The maximum atomic E-state index is 11.9. The zero-order chi connectivity index (χ0) is 13.9. The van der Waals surface area contributed by atoms with E-state index in [1.54, 1.807) is 6.07 Å². The lowest BCUT2D eigenvalue weighted by Gasteiger charge is -1.98. The van der Waals surface area contributed by atoms with Crippen LogP contribution in [0.5, 0.6) is 0 Å². The maximum Gasteiger partial charge on any atom is 0.260 e. The number of benzene rings is 1. The first-order valence-corrected chi connectivity index (χ1v) is 7.44. The van der Waals surface area contributed by atoms with Crippen LogP contribution in [0.15, 0.2) is 57.1 Å². The van der Waals surface area contributed by atoms with Gasteiger partial charge in [-0.15, -0.1) is 11.3 Å². The first-order valence-electron chi connectivity index (χ1n) is 5.77. The number of nitrogens with one attached hydrogen (secondary N) is 1. The van der Waals surface area contributed by atoms with Gasteiger partial charge >= 0.3 is 0 Å². The Hall–Kier alpha value is -1.92. The minimum Gasteiger partial charge on any atom is -0.472 e. The van der Waals surface area contributed by atoms with E-state index >= 15 is 0 Å². The second-order valence-corrected chi connectivity index (χ2v) is 5.78. The van der Waals surface area contributed by atoms with Crippen LogP contribution in [-0.4, -0.2) is 10.9 Å². The number of anilines is 1. The number of rotatable bonds is 3. The molecule has 2 aromatic heterocycles. The molecule has 4 nitrogen and oxygen atoms in total. The van der Waals surface area contributed by atoms with Gasteiger partial charge in [0.25, 0.3) is 5.91 Å². The standard InChI is InChI=1S/C14H9BrN2O2S/c15-11-3-1-9(2-4-11)12-8-20-14(16-12)17-13(18)10-5-6-19-7-10/h1-8H,(H,16,17,18). The van der Waals surface area contributed by atoms with Gasteiger partial charge in [-0.3, -0.25) is 10.1 Å². The Labute approximate surface area is 127 Å². The first kappa shape index (κ1) is 13.1. The van der Waals surface area contributed by atoms with Crippen molar-refractivity contribution in [3.63, 3.8) is 0 Å². The minimum atomic E-state index is -0.226. The van der Waals surface area contributed by atoms with E-state index in [0.717, 1.165) is 15.7 Å². The first-order chi connectivity index (χ1) is 9.72. The van der Waals surface area contributed by atoms with Gasteiger partial charge in [0.15, 0.2) is 5.13 Å². The molecule has 1 aromatic carbocycles. The molecule has 0 aliphatic rings. The third kappa shape index (κ3) is 2.81. The van der Waals surface area contributed by atoms with Crippen LogP contribution in [0.1, 0.15) is 10.4 Å². The van der Waals surface area contributed by atoms with E-state index in [2.05, 4.69) is 26.2 Å². The molecule has 0 fully saturated rings. The number of carbonyl (C=O) groups excluding carboxylic acids is 1. The summed E-state index contributed by atoms with van der Waals surface area (Å²) in [5, 5.41) is 5.22. The molecule has 1 amide bonds. The molecule has 0 unspecified atom stereocenters. The fraction of sp³-hybridized carbons (Fsp3) is 0. The van der Waals surface area contributed by atoms with Crippen molar-refractivity contribution in [1.29, 1.82) is 0 Å². The summed E-state index contributed by atoms with van der Waals surface area (Å²) in [7, 11) is 0. The molecule has 0 saturated heterocycles. The van der Waals surface area contributed by atoms with Crippen molar-refractivity contribution in [2.45, 2.75) is 0 Å². The number of halogens is 1. The van der Waals surface area contributed by atoms with Crippen molar-refractivity contribution in [1.82, 2.24) is 4.98 Å². The fourth-order valence-corrected chi connectivity index (χ4v) is 2.63. The van der Waals surface area contributed by atoms with Crippen LogP contribution in [-0.2, 0) is 0 Å². The Bertz CT molecular complexity index is 720. The lowest BCUT2D eigenvalue weighted by molar-refractivity contribution is 0.102. The van der Waals surface area contributed by atoms with Crippen molar-refractivity contribution < 1.29 is 9.21 Å². The van der Waals surface area contributed by atoms with Crippen LogP contribution in [0.4, 0.5) is 5.13 Å². The van der Waals surface area contributed by atoms with Crippen LogP contribution in [0, 0.1) is 0 Å². The van der Waals surface area contributed by atoms with Gasteiger partial charge in [0.05, 0.1) is 17.5 Å². The van der Waals surface area contributed by atoms with Crippen LogP contribution in [0.3, 0.4) is 0 Å². The number of nitrogens with zero attached hydrogens (tertiary/aromatic N) is 1. The van der Waals surface area contributed by atoms with Crippen molar-refractivity contribution in [2.24, 2.45) is 0 Å². The quantitative estimate of drug-likeness (QED) is 0.762. The molecule has 0 spiro atoms. The molecule has 1 N–H and O–H groups in total. The van der Waals surface area contributed by atoms with Crippen molar-refractivity contribution in [3.05, 3.63) is 58.3 Å². The zero-order valence-corrected chi connectivity index (χ0v) is 12.6. The van der Waals surface area contributed by atoms with Crippen molar-refractivity contribution in [3.8, 4) is 11.3 Å². The molecule has 0 aliphatic heterocycles. The number of carbonyl (C=O) groups is 1. The summed E-state index contributed by atoms with van der Waals surface area (Å²) in [6.07, 6.45) is 2.86. The van der Waals surface area contributed by atoms with E-state index < -0.39 is 0 Å². The third-order valence-electron chi connectivity index (χ3n) is 2.65. The highest BCUT2D eigenvalue weighted by atomic mass is 79.9. The summed E-state index contributed by atoms with van der Waals surface area (Å²) in [6, 6.07) is 9.47. The summed E-state index contributed by atoms with van der Waals surface area (Å²) < 4.78 is 5.90. The van der Waals surface area contributed by atoms with Gasteiger partial charge < -0.3 is 4.42 Å². The summed E-state index contributed by atoms with van der Waals surface area (Å²) in [5.74, 6) is -0.226. The summed E-state index contributed by atoms with van der Waals surface area (Å²) in [6.45, 7) is 0. The average molecular weight is 349 g/mol. The van der Waals surface area contributed by atoms with Gasteiger partial charge in [-0.05, 0) is 18.2 Å². The Morgan fingerprint density at radius 1 is 1.25 bits per heavy atom. The van der Waals surface area contributed by atoms with Gasteiger partial charge in [-0.2, -0.15) is 0 Å². The summed E-state index contributed by atoms with van der Waals surface area (Å²) in [4.78, 5) is 16.3. The van der Waals surface area contributed by atoms with E-state index in [1.807, 2.05) is 29.6 Å². The summed E-state index contributed by atoms with van der Waals surface area (Å²) in [5.41, 5.74) is 2.32. The van der Waals surface area contributed by atoms with Gasteiger partial charge in [-0.1, -0.05) is 28.1 Å². The molecule has 0 atom stereocenters. The minimum absolute atomic E-state index is 0.226. The lowest BCUT2D eigenvalue weighted by atomic mass is 10.2. The predicted octanol–water partition coefficient (Wildman–Crippen LogP) is 4.42. The second kappa shape index (κ2) is 5.60. The highest BCUT2D eigenvalue weighted by Crippen LogP contribution is 2.26. The van der Waals surface area contributed by atoms with Gasteiger partial charge in [0.1, 0.15) is 6.26 Å². The monoisotopic (exact) mass is 348 g/mol. The Morgan fingerprint density at radius 2 is 2.05 bits per heavy atom. The molecule has 2 heterocycles. The lowest BCUT2D eigenvalue weighted by Crippen LogP contribution is -2.10.